The summed E-state index contributed by atoms with van der Waals surface area (Å²) in [6.45, 7) is 2.47. The Labute approximate surface area is 141 Å². The number of carbonyl (C=O) groups is 1. The molecule has 0 aromatic carbocycles. The van der Waals surface area contributed by atoms with Crippen molar-refractivity contribution in [2.75, 3.05) is 38.7 Å². The topological polar surface area (TPSA) is 67.3 Å². The maximum Gasteiger partial charge on any atom is 0.255 e. The number of nitrogens with one attached hydrogen (secondary N) is 1. The summed E-state index contributed by atoms with van der Waals surface area (Å²) in [5.74, 6) is 1.09. The molecule has 1 aliphatic heterocycles. The zero-order chi connectivity index (χ0) is 16.8. The number of carbonyl (C=O) groups excluding carboxylic acids is 1. The highest BCUT2D eigenvalue weighted by Crippen LogP contribution is 2.16. The van der Waals surface area contributed by atoms with Crippen molar-refractivity contribution < 1.29 is 9.53 Å². The lowest BCUT2D eigenvalue weighted by atomic mass is 10.0. The summed E-state index contributed by atoms with van der Waals surface area (Å²) in [4.78, 5) is 23.1. The Balaban J connectivity index is 1.69. The predicted octanol–water partition coefficient (Wildman–Crippen LogP) is 1.85. The average molecular weight is 326 g/mol. The molecule has 0 unspecified atom stereocenters. The molecule has 0 radical (unpaired) electrons. The summed E-state index contributed by atoms with van der Waals surface area (Å²) >= 11 is 0. The third kappa shape index (κ3) is 4.08. The lowest BCUT2D eigenvalue weighted by Crippen LogP contribution is -2.36. The van der Waals surface area contributed by atoms with E-state index in [1.807, 2.05) is 30.1 Å². The zero-order valence-corrected chi connectivity index (χ0v) is 13.8. The van der Waals surface area contributed by atoms with Gasteiger partial charge in [-0.25, -0.2) is 4.98 Å². The van der Waals surface area contributed by atoms with Gasteiger partial charge in [0, 0.05) is 44.1 Å². The number of pyridine rings is 2. The molecule has 0 saturated carbocycles. The highest BCUT2D eigenvalue weighted by molar-refractivity contribution is 5.93. The van der Waals surface area contributed by atoms with Gasteiger partial charge in [-0.1, -0.05) is 6.07 Å². The molecule has 24 heavy (non-hydrogen) atoms. The third-order valence-corrected chi connectivity index (χ3v) is 4.09. The van der Waals surface area contributed by atoms with E-state index >= 15 is 0 Å². The van der Waals surface area contributed by atoms with Crippen molar-refractivity contribution in [3.05, 3.63) is 54.0 Å². The first-order chi connectivity index (χ1) is 11.8. The molecule has 6 heteroatoms. The van der Waals surface area contributed by atoms with Crippen LogP contribution < -0.4 is 5.32 Å². The van der Waals surface area contributed by atoms with Crippen LogP contribution in [0.2, 0.25) is 0 Å². The van der Waals surface area contributed by atoms with Crippen LogP contribution in [0.5, 0.6) is 0 Å². The van der Waals surface area contributed by atoms with Gasteiger partial charge < -0.3 is 15.0 Å². The van der Waals surface area contributed by atoms with Crippen LogP contribution in [0, 0.1) is 5.92 Å². The van der Waals surface area contributed by atoms with Crippen LogP contribution in [-0.2, 0) is 11.2 Å². The van der Waals surface area contributed by atoms with Gasteiger partial charge in [0.15, 0.2) is 0 Å². The number of aromatic nitrogens is 2. The number of nitrogens with zero attached hydrogens (tertiary/aromatic N) is 3. The Morgan fingerprint density at radius 3 is 3.08 bits per heavy atom. The van der Waals surface area contributed by atoms with E-state index in [1.54, 1.807) is 24.5 Å². The second kappa shape index (κ2) is 7.88. The molecule has 1 saturated heterocycles. The molecule has 0 aliphatic carbocycles. The molecule has 2 aromatic heterocycles. The first kappa shape index (κ1) is 16.4. The number of anilines is 1. The van der Waals surface area contributed by atoms with Gasteiger partial charge in [-0.15, -0.1) is 0 Å². The van der Waals surface area contributed by atoms with Crippen LogP contribution in [0.4, 0.5) is 5.82 Å². The molecule has 1 N–H and O–H groups in total. The monoisotopic (exact) mass is 326 g/mol. The van der Waals surface area contributed by atoms with Gasteiger partial charge in [-0.3, -0.25) is 9.78 Å². The quantitative estimate of drug-likeness (QED) is 0.929. The Bertz CT molecular complexity index is 678. The molecule has 2 aromatic rings. The van der Waals surface area contributed by atoms with Gasteiger partial charge in [0.05, 0.1) is 18.8 Å². The Morgan fingerprint density at radius 1 is 1.38 bits per heavy atom. The normalized spacial score (nSPS) is 18.0. The number of rotatable bonds is 4. The Morgan fingerprint density at radius 2 is 2.29 bits per heavy atom. The van der Waals surface area contributed by atoms with E-state index in [4.69, 9.17) is 4.74 Å². The summed E-state index contributed by atoms with van der Waals surface area (Å²) in [6.07, 6.45) is 4.07. The standard InChI is InChI=1S/C18H22N4O2/c1-19-17-6-2-5-16(21-17)10-14-12-22(8-9-24-13-14)18(23)15-4-3-7-20-11-15/h2-7,11,14H,8-10,12-13H2,1H3,(H,19,21)/t14-/m0/s1. The maximum atomic E-state index is 12.7. The van der Waals surface area contributed by atoms with Gasteiger partial charge in [0.1, 0.15) is 5.82 Å². The zero-order valence-electron chi connectivity index (χ0n) is 13.8. The minimum atomic E-state index is 0.00975. The molecule has 126 valence electrons. The summed E-state index contributed by atoms with van der Waals surface area (Å²) in [7, 11) is 1.86. The summed E-state index contributed by atoms with van der Waals surface area (Å²) in [5.41, 5.74) is 1.62. The lowest BCUT2D eigenvalue weighted by molar-refractivity contribution is 0.0737. The summed E-state index contributed by atoms with van der Waals surface area (Å²) in [6, 6.07) is 9.52. The molecule has 3 rings (SSSR count). The molecule has 0 spiro atoms. The number of amides is 1. The van der Waals surface area contributed by atoms with Crippen LogP contribution in [0.25, 0.3) is 0 Å². The Kier molecular flexibility index (Phi) is 5.38. The molecule has 1 amide bonds. The second-order valence-electron chi connectivity index (χ2n) is 5.90. The van der Waals surface area contributed by atoms with Crippen LogP contribution in [0.1, 0.15) is 16.1 Å². The fourth-order valence-electron chi connectivity index (χ4n) is 2.89. The molecular weight excluding hydrogens is 304 g/mol. The minimum Gasteiger partial charge on any atom is -0.379 e. The van der Waals surface area contributed by atoms with E-state index in [0.717, 1.165) is 17.9 Å². The first-order valence-electron chi connectivity index (χ1n) is 8.17. The second-order valence-corrected chi connectivity index (χ2v) is 5.90. The lowest BCUT2D eigenvalue weighted by Gasteiger charge is -2.23. The van der Waals surface area contributed by atoms with Crippen molar-refractivity contribution in [2.24, 2.45) is 5.92 Å². The van der Waals surface area contributed by atoms with Crippen LogP contribution >= 0.6 is 0 Å². The number of hydrogen-bond acceptors (Lipinski definition) is 5. The van der Waals surface area contributed by atoms with Crippen LogP contribution in [-0.4, -0.2) is 54.1 Å². The number of ether oxygens (including phenoxy) is 1. The molecule has 6 nitrogen and oxygen atoms in total. The summed E-state index contributed by atoms with van der Waals surface area (Å²) < 4.78 is 5.70. The van der Waals surface area contributed by atoms with Crippen molar-refractivity contribution in [1.82, 2.24) is 14.9 Å². The van der Waals surface area contributed by atoms with Gasteiger partial charge in [-0.05, 0) is 30.7 Å². The van der Waals surface area contributed by atoms with Crippen LogP contribution in [0.3, 0.4) is 0 Å². The average Bonchev–Trinajstić information content (AvgIpc) is 2.87. The predicted molar refractivity (Wildman–Crippen MR) is 91.9 cm³/mol. The molecule has 0 bridgehead atoms. The summed E-state index contributed by atoms with van der Waals surface area (Å²) in [5, 5.41) is 3.05. The van der Waals surface area contributed by atoms with Gasteiger partial charge in [0.2, 0.25) is 0 Å². The van der Waals surface area contributed by atoms with Crippen molar-refractivity contribution in [2.45, 2.75) is 6.42 Å². The van der Waals surface area contributed by atoms with E-state index in [2.05, 4.69) is 15.3 Å². The molecule has 1 aliphatic rings. The van der Waals surface area contributed by atoms with Crippen LogP contribution in [0.15, 0.2) is 42.7 Å². The van der Waals surface area contributed by atoms with Crippen molar-refractivity contribution in [3.63, 3.8) is 0 Å². The molecule has 1 atom stereocenters. The fraction of sp³-hybridized carbons (Fsp3) is 0.389. The highest BCUT2D eigenvalue weighted by atomic mass is 16.5. The van der Waals surface area contributed by atoms with Gasteiger partial charge in [-0.2, -0.15) is 0 Å². The molecule has 1 fully saturated rings. The van der Waals surface area contributed by atoms with E-state index in [-0.39, 0.29) is 11.8 Å². The highest BCUT2D eigenvalue weighted by Gasteiger charge is 2.24. The largest absolute Gasteiger partial charge is 0.379 e. The first-order valence-corrected chi connectivity index (χ1v) is 8.17. The van der Waals surface area contributed by atoms with E-state index in [1.165, 1.54) is 0 Å². The molecular formula is C18H22N4O2. The van der Waals surface area contributed by atoms with Crippen molar-refractivity contribution in [1.29, 1.82) is 0 Å². The third-order valence-electron chi connectivity index (χ3n) is 4.09. The maximum absolute atomic E-state index is 12.7. The molecule has 3 heterocycles. The van der Waals surface area contributed by atoms with E-state index in [9.17, 15) is 4.79 Å². The minimum absolute atomic E-state index is 0.00975. The number of hydrogen-bond donors (Lipinski definition) is 1. The Hall–Kier alpha value is -2.47. The fourth-order valence-corrected chi connectivity index (χ4v) is 2.89. The van der Waals surface area contributed by atoms with Gasteiger partial charge >= 0.3 is 0 Å². The van der Waals surface area contributed by atoms with Crippen molar-refractivity contribution >= 4 is 11.7 Å². The van der Waals surface area contributed by atoms with E-state index in [0.29, 0.717) is 31.9 Å². The van der Waals surface area contributed by atoms with Crippen molar-refractivity contribution in [3.8, 4) is 0 Å². The smallest absolute Gasteiger partial charge is 0.255 e. The van der Waals surface area contributed by atoms with Gasteiger partial charge in [0.25, 0.3) is 5.91 Å². The SMILES string of the molecule is CNc1cccc(C[C@@H]2COCCN(C(=O)c3cccnc3)C2)n1. The van der Waals surface area contributed by atoms with E-state index < -0.39 is 0 Å².